The zero-order valence-corrected chi connectivity index (χ0v) is 15.5. The predicted octanol–water partition coefficient (Wildman–Crippen LogP) is 3.56. The van der Waals surface area contributed by atoms with E-state index in [1.54, 1.807) is 0 Å². The van der Waals surface area contributed by atoms with E-state index in [4.69, 9.17) is 11.6 Å². The van der Waals surface area contributed by atoms with E-state index in [0.29, 0.717) is 15.0 Å². The number of aromatic nitrogens is 3. The van der Waals surface area contributed by atoms with Crippen LogP contribution in [0.3, 0.4) is 0 Å². The maximum absolute atomic E-state index is 14.5. The molecule has 0 radical (unpaired) electrons. The lowest BCUT2D eigenvalue weighted by atomic mass is 10.3. The Morgan fingerprint density at radius 3 is 2.68 bits per heavy atom. The summed E-state index contributed by atoms with van der Waals surface area (Å²) in [5, 5.41) is -0.0329. The normalized spacial score (nSPS) is 11.8. The van der Waals surface area contributed by atoms with Gasteiger partial charge in [0, 0.05) is 23.4 Å². The number of ether oxygens (including phenoxy) is 1. The zero-order chi connectivity index (χ0) is 20.6. The fourth-order valence-corrected chi connectivity index (χ4v) is 3.54. The number of imidazole rings is 1. The van der Waals surface area contributed by atoms with E-state index >= 15 is 0 Å². The first-order valence-electron chi connectivity index (χ1n) is 7.49. The van der Waals surface area contributed by atoms with E-state index in [1.165, 1.54) is 7.11 Å². The molecule has 6 nitrogen and oxygen atoms in total. The van der Waals surface area contributed by atoms with Crippen LogP contribution in [-0.2, 0) is 15.7 Å². The molecule has 3 aromatic rings. The van der Waals surface area contributed by atoms with Gasteiger partial charge in [0.05, 0.1) is 23.6 Å². The molecule has 0 saturated carbocycles. The van der Waals surface area contributed by atoms with Crippen molar-refractivity contribution in [3.63, 3.8) is 0 Å². The number of thioether (sulfide) groups is 1. The van der Waals surface area contributed by atoms with Crippen molar-refractivity contribution in [3.05, 3.63) is 57.5 Å². The molecule has 0 saturated heterocycles. The van der Waals surface area contributed by atoms with Gasteiger partial charge in [-0.05, 0) is 12.1 Å². The Kier molecular flexibility index (Phi) is 5.39. The van der Waals surface area contributed by atoms with E-state index in [-0.39, 0.29) is 21.4 Å². The molecule has 3 rings (SSSR count). The lowest BCUT2D eigenvalue weighted by molar-refractivity contribution is -0.142. The van der Waals surface area contributed by atoms with E-state index in [9.17, 15) is 27.2 Å². The number of esters is 1. The largest absolute Gasteiger partial charge is 0.468 e. The van der Waals surface area contributed by atoms with Crippen LogP contribution in [0.2, 0.25) is 5.02 Å². The molecule has 0 bridgehead atoms. The fourth-order valence-electron chi connectivity index (χ4n) is 2.44. The van der Waals surface area contributed by atoms with Gasteiger partial charge in [0.1, 0.15) is 11.5 Å². The summed E-state index contributed by atoms with van der Waals surface area (Å²) in [7, 11) is 1.19. The van der Waals surface area contributed by atoms with Gasteiger partial charge in [-0.1, -0.05) is 11.6 Å². The Labute approximate surface area is 163 Å². The molecule has 0 aliphatic rings. The second kappa shape index (κ2) is 7.47. The van der Waals surface area contributed by atoms with Crippen molar-refractivity contribution in [2.24, 2.45) is 0 Å². The van der Waals surface area contributed by atoms with Crippen molar-refractivity contribution in [2.75, 3.05) is 12.9 Å². The second-order valence-electron chi connectivity index (χ2n) is 5.40. The van der Waals surface area contributed by atoms with Crippen LogP contribution in [0.4, 0.5) is 17.6 Å². The molecule has 0 fully saturated rings. The molecule has 0 amide bonds. The highest BCUT2D eigenvalue weighted by Gasteiger charge is 2.35. The minimum Gasteiger partial charge on any atom is -0.468 e. The molecule has 0 spiro atoms. The van der Waals surface area contributed by atoms with Gasteiger partial charge in [-0.25, -0.2) is 13.9 Å². The van der Waals surface area contributed by atoms with Crippen molar-refractivity contribution < 1.29 is 27.1 Å². The van der Waals surface area contributed by atoms with Crippen LogP contribution in [0.15, 0.2) is 40.3 Å². The standard InChI is InChI=1S/C16H10ClF4N3O3S/c1-27-14(26)7-28-11-5-10(9(18)4-8(11)17)24-13(25)6-12(16(19,20)21)23-3-2-22-15(23)24/h2-6H,7H2,1H3. The molecule has 2 heterocycles. The van der Waals surface area contributed by atoms with Crippen molar-refractivity contribution in [3.8, 4) is 5.69 Å². The molecule has 0 unspecified atom stereocenters. The Bertz CT molecular complexity index is 1130. The Morgan fingerprint density at radius 2 is 2.04 bits per heavy atom. The Morgan fingerprint density at radius 1 is 1.32 bits per heavy atom. The number of carbonyl (C=O) groups excluding carboxylic acids is 1. The Hall–Kier alpha value is -2.53. The average Bonchev–Trinajstić information content (AvgIpc) is 3.09. The van der Waals surface area contributed by atoms with E-state index in [0.717, 1.165) is 36.3 Å². The topological polar surface area (TPSA) is 65.6 Å². The monoisotopic (exact) mass is 435 g/mol. The number of fused-ring (bicyclic) bond motifs is 1. The lowest BCUT2D eigenvalue weighted by Crippen LogP contribution is -2.26. The number of alkyl halides is 3. The van der Waals surface area contributed by atoms with Gasteiger partial charge in [0.25, 0.3) is 5.56 Å². The van der Waals surface area contributed by atoms with E-state index in [2.05, 4.69) is 9.72 Å². The SMILES string of the molecule is COC(=O)CSc1cc(-n2c(=O)cc(C(F)(F)F)n3ccnc23)c(F)cc1Cl. The summed E-state index contributed by atoms with van der Waals surface area (Å²) in [4.78, 5) is 27.7. The fraction of sp³-hybridized carbons (Fsp3) is 0.188. The minimum absolute atomic E-state index is 0.0329. The maximum atomic E-state index is 14.5. The third kappa shape index (κ3) is 3.72. The van der Waals surface area contributed by atoms with Crippen molar-refractivity contribution in [1.29, 1.82) is 0 Å². The number of halogens is 5. The number of rotatable bonds is 4. The molecule has 12 heteroatoms. The molecule has 2 aromatic heterocycles. The summed E-state index contributed by atoms with van der Waals surface area (Å²) >= 11 is 6.89. The molecule has 0 aliphatic heterocycles. The van der Waals surface area contributed by atoms with Gasteiger partial charge in [-0.15, -0.1) is 11.8 Å². The van der Waals surface area contributed by atoms with Crippen LogP contribution in [0.25, 0.3) is 11.5 Å². The van der Waals surface area contributed by atoms with Crippen molar-refractivity contribution in [2.45, 2.75) is 11.1 Å². The first-order chi connectivity index (χ1) is 13.1. The molecule has 0 N–H and O–H groups in total. The predicted molar refractivity (Wildman–Crippen MR) is 93.5 cm³/mol. The molecule has 1 aromatic carbocycles. The van der Waals surface area contributed by atoms with Crippen LogP contribution < -0.4 is 5.56 Å². The van der Waals surface area contributed by atoms with Gasteiger partial charge < -0.3 is 4.74 Å². The van der Waals surface area contributed by atoms with E-state index in [1.807, 2.05) is 0 Å². The molecule has 0 atom stereocenters. The third-order valence-corrected chi connectivity index (χ3v) is 5.12. The summed E-state index contributed by atoms with van der Waals surface area (Å²) in [6.45, 7) is 0. The molecule has 0 aliphatic carbocycles. The summed E-state index contributed by atoms with van der Waals surface area (Å²) in [5.74, 6) is -2.07. The number of nitrogens with zero attached hydrogens (tertiary/aromatic N) is 3. The van der Waals surface area contributed by atoms with E-state index < -0.39 is 35.0 Å². The second-order valence-corrected chi connectivity index (χ2v) is 6.82. The molecule has 28 heavy (non-hydrogen) atoms. The van der Waals surface area contributed by atoms with Crippen LogP contribution >= 0.6 is 23.4 Å². The number of hydrogen-bond acceptors (Lipinski definition) is 5. The van der Waals surface area contributed by atoms with Crippen LogP contribution in [0.1, 0.15) is 5.69 Å². The molecular formula is C16H10ClF4N3O3S. The highest BCUT2D eigenvalue weighted by Crippen LogP contribution is 2.33. The van der Waals surface area contributed by atoms with Crippen LogP contribution in [0, 0.1) is 5.82 Å². The van der Waals surface area contributed by atoms with Gasteiger partial charge in [-0.3, -0.25) is 14.0 Å². The smallest absolute Gasteiger partial charge is 0.432 e. The van der Waals surface area contributed by atoms with Gasteiger partial charge >= 0.3 is 12.1 Å². The van der Waals surface area contributed by atoms with Gasteiger partial charge in [0.2, 0.25) is 5.78 Å². The summed E-state index contributed by atoms with van der Waals surface area (Å²) in [5.41, 5.74) is -2.72. The summed E-state index contributed by atoms with van der Waals surface area (Å²) in [6, 6.07) is 2.42. The minimum atomic E-state index is -4.81. The van der Waals surface area contributed by atoms with Crippen molar-refractivity contribution >= 4 is 35.1 Å². The van der Waals surface area contributed by atoms with Crippen LogP contribution in [0.5, 0.6) is 0 Å². The van der Waals surface area contributed by atoms with Crippen LogP contribution in [-0.4, -0.2) is 32.8 Å². The Balaban J connectivity index is 2.20. The number of benzene rings is 1. The summed E-state index contributed by atoms with van der Waals surface area (Å²) < 4.78 is 59.9. The highest BCUT2D eigenvalue weighted by molar-refractivity contribution is 8.00. The third-order valence-electron chi connectivity index (χ3n) is 3.67. The first kappa shape index (κ1) is 20.2. The first-order valence-corrected chi connectivity index (χ1v) is 8.85. The number of carbonyl (C=O) groups is 1. The van der Waals surface area contributed by atoms with Gasteiger partial charge in [0.15, 0.2) is 0 Å². The average molecular weight is 436 g/mol. The molecule has 148 valence electrons. The zero-order valence-electron chi connectivity index (χ0n) is 14.0. The van der Waals surface area contributed by atoms with Gasteiger partial charge in [-0.2, -0.15) is 13.2 Å². The lowest BCUT2D eigenvalue weighted by Gasteiger charge is -2.15. The quantitative estimate of drug-likeness (QED) is 0.356. The highest BCUT2D eigenvalue weighted by atomic mass is 35.5. The molecular weight excluding hydrogens is 426 g/mol. The number of hydrogen-bond donors (Lipinski definition) is 0. The van der Waals surface area contributed by atoms with Crippen molar-refractivity contribution in [1.82, 2.24) is 14.0 Å². The maximum Gasteiger partial charge on any atom is 0.432 e. The summed E-state index contributed by atoms with van der Waals surface area (Å²) in [6.07, 6.45) is -2.74. The number of methoxy groups -OCH3 is 1.